The van der Waals surface area contributed by atoms with E-state index < -0.39 is 11.7 Å². The van der Waals surface area contributed by atoms with Crippen molar-refractivity contribution in [1.82, 2.24) is 4.90 Å². The zero-order valence-electron chi connectivity index (χ0n) is 20.5. The number of hydrogen-bond donors (Lipinski definition) is 2. The van der Waals surface area contributed by atoms with E-state index in [0.717, 1.165) is 43.8 Å². The van der Waals surface area contributed by atoms with E-state index in [1.54, 1.807) is 24.3 Å². The Hall–Kier alpha value is -3.42. The number of Topliss-reactive ketones (excluding diaryl/α,β-unsaturated/α-hetero) is 1. The van der Waals surface area contributed by atoms with Crippen molar-refractivity contribution < 1.29 is 24.2 Å². The molecule has 0 bridgehead atoms. The van der Waals surface area contributed by atoms with E-state index in [0.29, 0.717) is 17.7 Å². The van der Waals surface area contributed by atoms with Crippen LogP contribution in [0, 0.1) is 0 Å². The molecule has 1 heterocycles. The summed E-state index contributed by atoms with van der Waals surface area (Å²) in [6, 6.07) is 15.8. The predicted molar refractivity (Wildman–Crippen MR) is 136 cm³/mol. The van der Waals surface area contributed by atoms with E-state index in [9.17, 15) is 14.7 Å². The van der Waals surface area contributed by atoms with E-state index in [1.807, 2.05) is 45.0 Å². The summed E-state index contributed by atoms with van der Waals surface area (Å²) >= 11 is 0. The number of aromatic hydroxyl groups is 1. The van der Waals surface area contributed by atoms with Gasteiger partial charge in [-0.3, -0.25) is 14.5 Å². The highest BCUT2D eigenvalue weighted by Gasteiger charge is 2.22. The van der Waals surface area contributed by atoms with Gasteiger partial charge in [-0.25, -0.2) is 0 Å². The second-order valence-corrected chi connectivity index (χ2v) is 9.72. The lowest BCUT2D eigenvalue weighted by Crippen LogP contribution is -2.38. The highest BCUT2D eigenvalue weighted by Crippen LogP contribution is 2.32. The second kappa shape index (κ2) is 10.5. The molecular weight excluding hydrogens is 444 g/mol. The molecule has 3 aromatic carbocycles. The van der Waals surface area contributed by atoms with E-state index in [4.69, 9.17) is 9.47 Å². The lowest BCUT2D eigenvalue weighted by atomic mass is 9.87. The smallest absolute Gasteiger partial charge is 0.296 e. The van der Waals surface area contributed by atoms with Crippen molar-refractivity contribution in [3.8, 4) is 11.5 Å². The van der Waals surface area contributed by atoms with Gasteiger partial charge in [0.15, 0.2) is 0 Å². The van der Waals surface area contributed by atoms with Gasteiger partial charge in [0.05, 0.1) is 18.9 Å². The first kappa shape index (κ1) is 24.7. The highest BCUT2D eigenvalue weighted by atomic mass is 16.5. The Morgan fingerprint density at radius 3 is 2.46 bits per heavy atom. The average molecular weight is 477 g/mol. The van der Waals surface area contributed by atoms with Crippen LogP contribution < -0.4 is 10.1 Å². The highest BCUT2D eigenvalue weighted by molar-refractivity contribution is 6.48. The Balaban J connectivity index is 1.52. The lowest BCUT2D eigenvalue weighted by Gasteiger charge is -2.26. The van der Waals surface area contributed by atoms with Crippen LogP contribution in [0.4, 0.5) is 5.69 Å². The normalized spacial score (nSPS) is 14.6. The average Bonchev–Trinajstić information content (AvgIpc) is 2.85. The summed E-state index contributed by atoms with van der Waals surface area (Å²) in [5.41, 5.74) is 1.25. The number of phenolic OH excluding ortho intramolecular Hbond substituents is 1. The molecule has 1 aliphatic heterocycles. The molecule has 0 aromatic heterocycles. The minimum Gasteiger partial charge on any atom is -0.506 e. The van der Waals surface area contributed by atoms with Crippen molar-refractivity contribution in [2.75, 3.05) is 44.8 Å². The van der Waals surface area contributed by atoms with Gasteiger partial charge in [0.1, 0.15) is 18.1 Å². The minimum atomic E-state index is -0.808. The summed E-state index contributed by atoms with van der Waals surface area (Å²) in [5.74, 6) is -0.909. The van der Waals surface area contributed by atoms with Crippen LogP contribution in [-0.2, 0) is 14.9 Å². The number of rotatable bonds is 7. The van der Waals surface area contributed by atoms with Gasteiger partial charge in [0, 0.05) is 30.6 Å². The SMILES string of the molecule is CC(C)(C)c1ccc(O)c(NC(=O)C(=O)c2ccc(OCCN3CCOCC3)c3ccccc23)c1. The number of ketones is 1. The van der Waals surface area contributed by atoms with Crippen LogP contribution in [0.2, 0.25) is 0 Å². The number of ether oxygens (including phenoxy) is 2. The number of carbonyl (C=O) groups is 2. The van der Waals surface area contributed by atoms with Crippen LogP contribution in [0.25, 0.3) is 10.8 Å². The van der Waals surface area contributed by atoms with Gasteiger partial charge in [0.2, 0.25) is 0 Å². The number of nitrogens with zero attached hydrogens (tertiary/aromatic N) is 1. The molecule has 1 amide bonds. The van der Waals surface area contributed by atoms with Crippen molar-refractivity contribution in [3.63, 3.8) is 0 Å². The van der Waals surface area contributed by atoms with Crippen LogP contribution in [0.5, 0.6) is 11.5 Å². The van der Waals surface area contributed by atoms with Gasteiger partial charge < -0.3 is 19.9 Å². The largest absolute Gasteiger partial charge is 0.506 e. The Labute approximate surface area is 205 Å². The number of nitrogens with one attached hydrogen (secondary N) is 1. The van der Waals surface area contributed by atoms with Crippen molar-refractivity contribution in [2.24, 2.45) is 0 Å². The summed E-state index contributed by atoms with van der Waals surface area (Å²) < 4.78 is 11.4. The molecule has 2 N–H and O–H groups in total. The summed E-state index contributed by atoms with van der Waals surface area (Å²) in [6.45, 7) is 10.7. The fraction of sp³-hybridized carbons (Fsp3) is 0.357. The summed E-state index contributed by atoms with van der Waals surface area (Å²) in [5, 5.41) is 14.2. The number of hydrogen-bond acceptors (Lipinski definition) is 6. The molecule has 4 rings (SSSR count). The number of amides is 1. The van der Waals surface area contributed by atoms with Crippen molar-refractivity contribution in [2.45, 2.75) is 26.2 Å². The zero-order valence-corrected chi connectivity index (χ0v) is 20.5. The maximum atomic E-state index is 13.1. The topological polar surface area (TPSA) is 88.1 Å². The molecule has 0 spiro atoms. The molecule has 1 aliphatic rings. The maximum absolute atomic E-state index is 13.1. The molecule has 35 heavy (non-hydrogen) atoms. The van der Waals surface area contributed by atoms with Crippen LogP contribution in [0.3, 0.4) is 0 Å². The molecule has 0 radical (unpaired) electrons. The molecule has 0 atom stereocenters. The van der Waals surface area contributed by atoms with Crippen LogP contribution in [0.1, 0.15) is 36.7 Å². The van der Waals surface area contributed by atoms with Crippen LogP contribution in [-0.4, -0.2) is 61.2 Å². The molecule has 7 nitrogen and oxygen atoms in total. The summed E-state index contributed by atoms with van der Waals surface area (Å²) in [4.78, 5) is 28.3. The molecule has 1 fully saturated rings. The van der Waals surface area contributed by atoms with E-state index in [2.05, 4.69) is 10.2 Å². The van der Waals surface area contributed by atoms with Gasteiger partial charge in [-0.15, -0.1) is 0 Å². The van der Waals surface area contributed by atoms with Crippen molar-refractivity contribution >= 4 is 28.2 Å². The molecule has 7 heteroatoms. The molecule has 0 aliphatic carbocycles. The Bertz CT molecular complexity index is 1230. The molecule has 184 valence electrons. The zero-order chi connectivity index (χ0) is 25.0. The summed E-state index contributed by atoms with van der Waals surface area (Å²) in [6.07, 6.45) is 0. The Morgan fingerprint density at radius 2 is 1.74 bits per heavy atom. The fourth-order valence-electron chi connectivity index (χ4n) is 4.11. The predicted octanol–water partition coefficient (Wildman–Crippen LogP) is 4.38. The number of morpholine rings is 1. The molecule has 0 saturated carbocycles. The third-order valence-electron chi connectivity index (χ3n) is 6.21. The van der Waals surface area contributed by atoms with Gasteiger partial charge in [0.25, 0.3) is 11.7 Å². The third-order valence-corrected chi connectivity index (χ3v) is 6.21. The van der Waals surface area contributed by atoms with Gasteiger partial charge in [-0.1, -0.05) is 51.1 Å². The maximum Gasteiger partial charge on any atom is 0.296 e. The van der Waals surface area contributed by atoms with Gasteiger partial charge in [-0.2, -0.15) is 0 Å². The third kappa shape index (κ3) is 5.81. The molecule has 3 aromatic rings. The molecular formula is C28H32N2O5. The monoisotopic (exact) mass is 476 g/mol. The second-order valence-electron chi connectivity index (χ2n) is 9.72. The van der Waals surface area contributed by atoms with E-state index in [1.165, 1.54) is 6.07 Å². The van der Waals surface area contributed by atoms with Crippen molar-refractivity contribution in [1.29, 1.82) is 0 Å². The van der Waals surface area contributed by atoms with Crippen LogP contribution in [0.15, 0.2) is 54.6 Å². The number of phenols is 1. The first-order valence-electron chi connectivity index (χ1n) is 11.9. The van der Waals surface area contributed by atoms with Gasteiger partial charge in [-0.05, 0) is 40.6 Å². The Morgan fingerprint density at radius 1 is 1.03 bits per heavy atom. The number of carbonyl (C=O) groups excluding carboxylic acids is 2. The molecule has 1 saturated heterocycles. The lowest BCUT2D eigenvalue weighted by molar-refractivity contribution is -0.112. The minimum absolute atomic E-state index is 0.0898. The standard InChI is InChI=1S/C28H32N2O5/c1-28(2,3)19-8-10-24(31)23(18-19)29-27(33)26(32)22-9-11-25(21-7-5-4-6-20(21)22)35-17-14-30-12-15-34-16-13-30/h4-11,18,31H,12-17H2,1-3H3,(H,29,33). The van der Waals surface area contributed by atoms with Crippen LogP contribution >= 0.6 is 0 Å². The number of benzene rings is 3. The van der Waals surface area contributed by atoms with E-state index >= 15 is 0 Å². The number of anilines is 1. The molecule has 0 unspecified atom stereocenters. The van der Waals surface area contributed by atoms with Gasteiger partial charge >= 0.3 is 0 Å². The Kier molecular flexibility index (Phi) is 7.38. The summed E-state index contributed by atoms with van der Waals surface area (Å²) in [7, 11) is 0. The first-order valence-corrected chi connectivity index (χ1v) is 11.9. The fourth-order valence-corrected chi connectivity index (χ4v) is 4.11. The van der Waals surface area contributed by atoms with Crippen molar-refractivity contribution in [3.05, 3.63) is 65.7 Å². The first-order chi connectivity index (χ1) is 16.7. The van der Waals surface area contributed by atoms with E-state index in [-0.39, 0.29) is 22.4 Å². The number of fused-ring (bicyclic) bond motifs is 1. The quantitative estimate of drug-likeness (QED) is 0.299.